The van der Waals surface area contributed by atoms with Crippen LogP contribution in [0.5, 0.6) is 0 Å². The monoisotopic (exact) mass is 281 g/mol. The molecule has 2 rings (SSSR count). The zero-order valence-corrected chi connectivity index (χ0v) is 11.5. The van der Waals surface area contributed by atoms with Crippen LogP contribution in [0, 0.1) is 6.92 Å². The molecule has 2 aromatic rings. The first kappa shape index (κ1) is 13.0. The lowest BCUT2D eigenvalue weighted by molar-refractivity contribution is 0.0934. The summed E-state index contributed by atoms with van der Waals surface area (Å²) in [6, 6.07) is 3.54. The van der Waals surface area contributed by atoms with Gasteiger partial charge in [0.05, 0.1) is 6.04 Å². The molecule has 94 valence electrons. The highest BCUT2D eigenvalue weighted by Gasteiger charge is 2.14. The van der Waals surface area contributed by atoms with Crippen LogP contribution in [0.15, 0.2) is 22.9 Å². The van der Waals surface area contributed by atoms with E-state index in [2.05, 4.69) is 15.3 Å². The van der Waals surface area contributed by atoms with E-state index in [0.29, 0.717) is 5.69 Å². The van der Waals surface area contributed by atoms with Gasteiger partial charge in [-0.1, -0.05) is 0 Å². The molecule has 0 bridgehead atoms. The van der Waals surface area contributed by atoms with Gasteiger partial charge in [0.15, 0.2) is 0 Å². The molecule has 0 aromatic carbocycles. The molecule has 0 aliphatic rings. The summed E-state index contributed by atoms with van der Waals surface area (Å²) in [5.74, 6) is -0.249. The maximum atomic E-state index is 12.0. The van der Waals surface area contributed by atoms with Crippen LogP contribution < -0.4 is 5.32 Å². The van der Waals surface area contributed by atoms with E-state index in [4.69, 9.17) is 11.6 Å². The van der Waals surface area contributed by atoms with Crippen LogP contribution >= 0.6 is 22.9 Å². The van der Waals surface area contributed by atoms with Gasteiger partial charge < -0.3 is 5.32 Å². The average molecular weight is 282 g/mol. The first-order valence-corrected chi connectivity index (χ1v) is 6.72. The molecule has 0 aliphatic carbocycles. The molecule has 0 aliphatic heterocycles. The summed E-state index contributed by atoms with van der Waals surface area (Å²) in [7, 11) is 0. The van der Waals surface area contributed by atoms with Crippen molar-refractivity contribution in [2.24, 2.45) is 0 Å². The zero-order valence-electron chi connectivity index (χ0n) is 9.98. The van der Waals surface area contributed by atoms with Crippen molar-refractivity contribution < 1.29 is 4.79 Å². The Morgan fingerprint density at radius 1 is 1.50 bits per heavy atom. The van der Waals surface area contributed by atoms with Gasteiger partial charge in [-0.15, -0.1) is 0 Å². The van der Waals surface area contributed by atoms with Crippen molar-refractivity contribution in [3.8, 4) is 0 Å². The SMILES string of the molecule is Cc1cc(C(=O)NC(C)c2ccsc2)nc(Cl)n1. The largest absolute Gasteiger partial charge is 0.344 e. The summed E-state index contributed by atoms with van der Waals surface area (Å²) in [5.41, 5.74) is 2.03. The summed E-state index contributed by atoms with van der Waals surface area (Å²) in [4.78, 5) is 19.8. The molecule has 1 amide bonds. The molecule has 0 spiro atoms. The lowest BCUT2D eigenvalue weighted by Crippen LogP contribution is -2.27. The molecule has 1 atom stereocenters. The number of rotatable bonds is 3. The van der Waals surface area contributed by atoms with Crippen molar-refractivity contribution in [3.63, 3.8) is 0 Å². The number of amides is 1. The minimum absolute atomic E-state index is 0.0576. The fourth-order valence-electron chi connectivity index (χ4n) is 1.52. The van der Waals surface area contributed by atoms with Crippen molar-refractivity contribution in [2.75, 3.05) is 0 Å². The van der Waals surface area contributed by atoms with Gasteiger partial charge in [0, 0.05) is 5.69 Å². The van der Waals surface area contributed by atoms with Gasteiger partial charge in [-0.3, -0.25) is 4.79 Å². The Morgan fingerprint density at radius 3 is 2.89 bits per heavy atom. The van der Waals surface area contributed by atoms with E-state index < -0.39 is 0 Å². The maximum absolute atomic E-state index is 12.0. The molecule has 18 heavy (non-hydrogen) atoms. The summed E-state index contributed by atoms with van der Waals surface area (Å²) < 4.78 is 0. The number of carbonyl (C=O) groups excluding carboxylic acids is 1. The van der Waals surface area contributed by atoms with E-state index >= 15 is 0 Å². The Hall–Kier alpha value is -1.46. The Balaban J connectivity index is 2.12. The first-order valence-electron chi connectivity index (χ1n) is 5.40. The fraction of sp³-hybridized carbons (Fsp3) is 0.250. The number of hydrogen-bond donors (Lipinski definition) is 1. The number of nitrogens with one attached hydrogen (secondary N) is 1. The molecule has 0 radical (unpaired) electrons. The third-order valence-electron chi connectivity index (χ3n) is 2.45. The molecule has 4 nitrogen and oxygen atoms in total. The second-order valence-corrected chi connectivity index (χ2v) is 5.03. The minimum atomic E-state index is -0.249. The van der Waals surface area contributed by atoms with Gasteiger partial charge in [0.25, 0.3) is 5.91 Å². The van der Waals surface area contributed by atoms with E-state index in [1.165, 1.54) is 0 Å². The standard InChI is InChI=1S/C12H12ClN3OS/c1-7-5-10(16-12(13)14-7)11(17)15-8(2)9-3-4-18-6-9/h3-6,8H,1-2H3,(H,15,17). The molecular weight excluding hydrogens is 270 g/mol. The summed E-state index contributed by atoms with van der Waals surface area (Å²) in [6.07, 6.45) is 0. The molecule has 6 heteroatoms. The molecule has 0 saturated heterocycles. The molecule has 1 N–H and O–H groups in total. The average Bonchev–Trinajstić information content (AvgIpc) is 2.80. The molecule has 0 saturated carbocycles. The predicted octanol–water partition coefficient (Wildman–Crippen LogP) is 2.99. The lowest BCUT2D eigenvalue weighted by atomic mass is 10.2. The van der Waals surface area contributed by atoms with Crippen LogP contribution in [0.3, 0.4) is 0 Å². The van der Waals surface area contributed by atoms with Crippen LogP contribution in [-0.2, 0) is 0 Å². The third kappa shape index (κ3) is 3.05. The summed E-state index contributed by atoms with van der Waals surface area (Å²) in [6.45, 7) is 3.70. The fourth-order valence-corrected chi connectivity index (χ4v) is 2.50. The number of nitrogens with zero attached hydrogens (tertiary/aromatic N) is 2. The molecule has 2 heterocycles. The van der Waals surface area contributed by atoms with Crippen molar-refractivity contribution in [1.29, 1.82) is 0 Å². The second kappa shape index (κ2) is 5.46. The zero-order chi connectivity index (χ0) is 13.1. The van der Waals surface area contributed by atoms with Crippen molar-refractivity contribution >= 4 is 28.8 Å². The highest BCUT2D eigenvalue weighted by molar-refractivity contribution is 7.07. The quantitative estimate of drug-likeness (QED) is 0.880. The topological polar surface area (TPSA) is 54.9 Å². The summed E-state index contributed by atoms with van der Waals surface area (Å²) in [5, 5.41) is 6.94. The molecular formula is C12H12ClN3OS. The second-order valence-electron chi connectivity index (χ2n) is 3.92. The van der Waals surface area contributed by atoms with E-state index in [9.17, 15) is 4.79 Å². The highest BCUT2D eigenvalue weighted by atomic mass is 35.5. The van der Waals surface area contributed by atoms with Gasteiger partial charge in [0.2, 0.25) is 5.28 Å². The molecule has 2 aromatic heterocycles. The van der Waals surface area contributed by atoms with E-state index in [1.807, 2.05) is 23.8 Å². The highest BCUT2D eigenvalue weighted by Crippen LogP contribution is 2.16. The number of carbonyl (C=O) groups is 1. The van der Waals surface area contributed by atoms with Crippen LogP contribution in [-0.4, -0.2) is 15.9 Å². The molecule has 1 unspecified atom stereocenters. The van der Waals surface area contributed by atoms with E-state index in [-0.39, 0.29) is 22.9 Å². The number of thiophene rings is 1. The van der Waals surface area contributed by atoms with Gasteiger partial charge in [-0.2, -0.15) is 11.3 Å². The smallest absolute Gasteiger partial charge is 0.270 e. The van der Waals surface area contributed by atoms with Crippen molar-refractivity contribution in [3.05, 3.63) is 45.1 Å². The number of aryl methyl sites for hydroxylation is 1. The Labute approximate surface area is 114 Å². The van der Waals surface area contributed by atoms with E-state index in [0.717, 1.165) is 5.56 Å². The Morgan fingerprint density at radius 2 is 2.28 bits per heavy atom. The number of halogens is 1. The van der Waals surface area contributed by atoms with Crippen molar-refractivity contribution in [2.45, 2.75) is 19.9 Å². The van der Waals surface area contributed by atoms with Crippen LogP contribution in [0.2, 0.25) is 5.28 Å². The summed E-state index contributed by atoms with van der Waals surface area (Å²) >= 11 is 7.33. The molecule has 0 fully saturated rings. The minimum Gasteiger partial charge on any atom is -0.344 e. The van der Waals surface area contributed by atoms with Gasteiger partial charge >= 0.3 is 0 Å². The van der Waals surface area contributed by atoms with Gasteiger partial charge in [-0.05, 0) is 53.9 Å². The van der Waals surface area contributed by atoms with Crippen LogP contribution in [0.1, 0.15) is 34.7 Å². The van der Waals surface area contributed by atoms with E-state index in [1.54, 1.807) is 24.3 Å². The normalized spacial score (nSPS) is 12.2. The number of aromatic nitrogens is 2. The lowest BCUT2D eigenvalue weighted by Gasteiger charge is -2.12. The van der Waals surface area contributed by atoms with Gasteiger partial charge in [0.1, 0.15) is 5.69 Å². The van der Waals surface area contributed by atoms with Crippen LogP contribution in [0.25, 0.3) is 0 Å². The van der Waals surface area contributed by atoms with Gasteiger partial charge in [-0.25, -0.2) is 9.97 Å². The van der Waals surface area contributed by atoms with Crippen LogP contribution in [0.4, 0.5) is 0 Å². The first-order chi connectivity index (χ1) is 8.56. The Bertz CT molecular complexity index is 536. The predicted molar refractivity (Wildman–Crippen MR) is 72.0 cm³/mol. The van der Waals surface area contributed by atoms with Crippen molar-refractivity contribution in [1.82, 2.24) is 15.3 Å². The number of hydrogen-bond acceptors (Lipinski definition) is 4. The maximum Gasteiger partial charge on any atom is 0.270 e. The Kier molecular flexibility index (Phi) is 3.93. The third-order valence-corrected chi connectivity index (χ3v) is 3.32.